The number of benzene rings is 1. The average Bonchev–Trinajstić information content (AvgIpc) is 2.53. The van der Waals surface area contributed by atoms with Crippen molar-refractivity contribution in [3.05, 3.63) is 51.4 Å². The van der Waals surface area contributed by atoms with Crippen LogP contribution < -0.4 is 10.3 Å². The zero-order valence-corrected chi connectivity index (χ0v) is 20.8. The number of halogens is 1. The van der Waals surface area contributed by atoms with Gasteiger partial charge in [-0.1, -0.05) is 65.3 Å². The van der Waals surface area contributed by atoms with Crippen LogP contribution in [0.4, 0.5) is 0 Å². The molecular weight excluding hydrogens is 404 g/mol. The Bertz CT molecular complexity index is 887. The molecule has 1 aromatic heterocycles. The predicted octanol–water partition coefficient (Wildman–Crippen LogP) is 6.19. The van der Waals surface area contributed by atoms with E-state index in [0.29, 0.717) is 12.4 Å². The summed E-state index contributed by atoms with van der Waals surface area (Å²) < 4.78 is 7.63. The predicted molar refractivity (Wildman–Crippen MR) is 126 cm³/mol. The van der Waals surface area contributed by atoms with E-state index in [0.717, 1.165) is 5.56 Å². The van der Waals surface area contributed by atoms with E-state index in [4.69, 9.17) is 16.3 Å². The zero-order chi connectivity index (χ0) is 22.2. The van der Waals surface area contributed by atoms with Gasteiger partial charge in [0.2, 0.25) is 0 Å². The van der Waals surface area contributed by atoms with Gasteiger partial charge in [0.1, 0.15) is 6.61 Å². The first kappa shape index (κ1) is 23.8. The second-order valence-electron chi connectivity index (χ2n) is 10.3. The molecule has 0 N–H and O–H groups in total. The van der Waals surface area contributed by atoms with Gasteiger partial charge >= 0.3 is 0 Å². The van der Waals surface area contributed by atoms with Crippen molar-refractivity contribution in [2.75, 3.05) is 0 Å². The van der Waals surface area contributed by atoms with E-state index in [2.05, 4.69) is 70.9 Å². The van der Waals surface area contributed by atoms with Gasteiger partial charge in [-0.25, -0.2) is 15.6 Å². The topological polar surface area (TPSA) is 44.1 Å². The largest absolute Gasteiger partial charge is 0.485 e. The Labute approximate surface area is 183 Å². The van der Waals surface area contributed by atoms with Crippen LogP contribution >= 0.6 is 22.5 Å². The molecule has 0 spiro atoms. The summed E-state index contributed by atoms with van der Waals surface area (Å²) in [7, 11) is -0.344. The van der Waals surface area contributed by atoms with Crippen molar-refractivity contribution in [3.63, 3.8) is 0 Å². The summed E-state index contributed by atoms with van der Waals surface area (Å²) in [5.41, 5.74) is 0.253. The monoisotopic (exact) mass is 438 g/mol. The number of rotatable bonds is 4. The van der Waals surface area contributed by atoms with Crippen LogP contribution in [0, 0.1) is 0 Å². The highest BCUT2D eigenvalue weighted by Crippen LogP contribution is 2.56. The van der Waals surface area contributed by atoms with Crippen molar-refractivity contribution >= 4 is 22.5 Å². The second kappa shape index (κ2) is 8.35. The van der Waals surface area contributed by atoms with Crippen LogP contribution in [-0.4, -0.2) is 19.3 Å². The first-order valence-electron chi connectivity index (χ1n) is 9.93. The van der Waals surface area contributed by atoms with Gasteiger partial charge in [0, 0.05) is 0 Å². The van der Waals surface area contributed by atoms with Gasteiger partial charge in [-0.2, -0.15) is 5.10 Å². The maximum Gasteiger partial charge on any atom is 0.289 e. The van der Waals surface area contributed by atoms with Crippen molar-refractivity contribution in [2.45, 2.75) is 88.8 Å². The highest BCUT2D eigenvalue weighted by atomic mass is 35.5. The Morgan fingerprint density at radius 1 is 0.966 bits per heavy atom. The Hall–Kier alpha value is -1.46. The number of nitrogens with zero attached hydrogens (tertiary/aromatic N) is 2. The van der Waals surface area contributed by atoms with E-state index in [-0.39, 0.29) is 31.0 Å². The Kier molecular flexibility index (Phi) is 6.86. The SMILES string of the molecule is CC(C)(C)n1ncc(OCc2ccc([SH](C(C)(C)C)C(C)(C)C)cc2)c(Cl)c1=O. The number of thiol groups is 1. The second-order valence-corrected chi connectivity index (χ2v) is 14.6. The maximum atomic E-state index is 12.4. The minimum atomic E-state index is -0.437. The molecule has 1 aromatic carbocycles. The lowest BCUT2D eigenvalue weighted by atomic mass is 10.1. The Morgan fingerprint density at radius 2 is 1.48 bits per heavy atom. The highest BCUT2D eigenvalue weighted by Gasteiger charge is 2.32. The lowest BCUT2D eigenvalue weighted by molar-refractivity contribution is 0.292. The maximum absolute atomic E-state index is 12.4. The fraction of sp³-hybridized carbons (Fsp3) is 0.565. The molecule has 0 aliphatic heterocycles. The molecule has 2 aromatic rings. The van der Waals surface area contributed by atoms with Crippen LogP contribution in [0.15, 0.2) is 40.2 Å². The van der Waals surface area contributed by atoms with Crippen LogP contribution in [-0.2, 0) is 12.1 Å². The molecule has 4 nitrogen and oxygen atoms in total. The van der Waals surface area contributed by atoms with Crippen molar-refractivity contribution in [1.82, 2.24) is 9.78 Å². The molecule has 29 heavy (non-hydrogen) atoms. The van der Waals surface area contributed by atoms with E-state index in [1.807, 2.05) is 20.8 Å². The van der Waals surface area contributed by atoms with Gasteiger partial charge < -0.3 is 4.74 Å². The van der Waals surface area contributed by atoms with Crippen LogP contribution in [0.1, 0.15) is 67.9 Å². The van der Waals surface area contributed by atoms with Crippen LogP contribution in [0.25, 0.3) is 0 Å². The number of hydrogen-bond donors (Lipinski definition) is 1. The van der Waals surface area contributed by atoms with Gasteiger partial charge in [-0.05, 0) is 52.9 Å². The summed E-state index contributed by atoms with van der Waals surface area (Å²) in [5, 5.41) is 4.28. The molecule has 2 rings (SSSR count). The van der Waals surface area contributed by atoms with Crippen molar-refractivity contribution in [3.8, 4) is 5.75 Å². The average molecular weight is 439 g/mol. The minimum Gasteiger partial charge on any atom is -0.485 e. The highest BCUT2D eigenvalue weighted by molar-refractivity contribution is 8.19. The Morgan fingerprint density at radius 3 is 1.93 bits per heavy atom. The van der Waals surface area contributed by atoms with Crippen LogP contribution in [0.2, 0.25) is 5.02 Å². The summed E-state index contributed by atoms with van der Waals surface area (Å²) in [4.78, 5) is 13.8. The molecule has 0 aliphatic rings. The smallest absolute Gasteiger partial charge is 0.289 e. The fourth-order valence-electron chi connectivity index (χ4n) is 3.68. The van der Waals surface area contributed by atoms with E-state index in [9.17, 15) is 4.79 Å². The molecular formula is C23H35ClN2O2S. The van der Waals surface area contributed by atoms with Crippen LogP contribution in [0.5, 0.6) is 5.75 Å². The lowest BCUT2D eigenvalue weighted by Crippen LogP contribution is -2.36. The molecule has 0 atom stereocenters. The standard InChI is InChI=1S/C23H35ClN2O2S/c1-21(2,3)26-20(27)19(24)18(14-25-26)28-15-16-10-12-17(13-11-16)29(22(4,5)6)23(7,8)9/h10-14,29H,15H2,1-9H3. The fourth-order valence-corrected chi connectivity index (χ4v) is 7.87. The normalized spacial score (nSPS) is 13.4. The first-order chi connectivity index (χ1) is 13.1. The van der Waals surface area contributed by atoms with Crippen molar-refractivity contribution < 1.29 is 4.74 Å². The van der Waals surface area contributed by atoms with Gasteiger partial charge in [-0.3, -0.25) is 4.79 Å². The molecule has 1 heterocycles. The van der Waals surface area contributed by atoms with E-state index >= 15 is 0 Å². The van der Waals surface area contributed by atoms with Gasteiger partial charge in [0.15, 0.2) is 10.8 Å². The van der Waals surface area contributed by atoms with Crippen molar-refractivity contribution in [1.29, 1.82) is 0 Å². The quantitative estimate of drug-likeness (QED) is 0.579. The number of hydrogen-bond acceptors (Lipinski definition) is 3. The third-order valence-corrected chi connectivity index (χ3v) is 8.30. The first-order valence-corrected chi connectivity index (χ1v) is 11.6. The molecule has 0 radical (unpaired) electrons. The summed E-state index contributed by atoms with van der Waals surface area (Å²) >= 11 is 6.24. The summed E-state index contributed by atoms with van der Waals surface area (Å²) in [5.74, 6) is 0.313. The molecule has 0 saturated carbocycles. The summed E-state index contributed by atoms with van der Waals surface area (Å²) in [6.07, 6.45) is 1.52. The van der Waals surface area contributed by atoms with Crippen molar-refractivity contribution in [2.24, 2.45) is 0 Å². The number of ether oxygens (including phenoxy) is 1. The van der Waals surface area contributed by atoms with Gasteiger partial charge in [0.05, 0.1) is 11.7 Å². The Balaban J connectivity index is 2.19. The van der Waals surface area contributed by atoms with Gasteiger partial charge in [-0.15, -0.1) is 0 Å². The minimum absolute atomic E-state index is 0.0653. The molecule has 0 saturated heterocycles. The van der Waals surface area contributed by atoms with E-state index in [1.165, 1.54) is 15.8 Å². The molecule has 6 heteroatoms. The zero-order valence-electron chi connectivity index (χ0n) is 19.1. The molecule has 0 amide bonds. The summed E-state index contributed by atoms with van der Waals surface area (Å²) in [6.45, 7) is 19.9. The van der Waals surface area contributed by atoms with Crippen LogP contribution in [0.3, 0.4) is 0 Å². The molecule has 0 unspecified atom stereocenters. The van der Waals surface area contributed by atoms with E-state index < -0.39 is 5.54 Å². The molecule has 162 valence electrons. The lowest BCUT2D eigenvalue weighted by Gasteiger charge is -2.45. The molecule has 0 fully saturated rings. The van der Waals surface area contributed by atoms with Gasteiger partial charge in [0.25, 0.3) is 5.56 Å². The summed E-state index contributed by atoms with van der Waals surface area (Å²) in [6, 6.07) is 8.61. The third kappa shape index (κ3) is 5.79. The van der Waals surface area contributed by atoms with E-state index in [1.54, 1.807) is 0 Å². The molecule has 0 aliphatic carbocycles. The molecule has 0 bridgehead atoms. The number of aromatic nitrogens is 2. The third-order valence-electron chi connectivity index (χ3n) is 4.45.